The summed E-state index contributed by atoms with van der Waals surface area (Å²) < 4.78 is 2.12. The molecule has 4 heteroatoms. The molecule has 1 aliphatic heterocycles. The number of rotatable bonds is 5. The first-order chi connectivity index (χ1) is 11.7. The minimum Gasteiger partial charge on any atom is -0.337 e. The molecule has 0 N–H and O–H groups in total. The molecule has 24 heavy (non-hydrogen) atoms. The van der Waals surface area contributed by atoms with Gasteiger partial charge in [-0.25, -0.2) is 4.98 Å². The highest BCUT2D eigenvalue weighted by Crippen LogP contribution is 2.11. The number of hydrogen-bond acceptors (Lipinski definition) is 3. The van der Waals surface area contributed by atoms with Crippen LogP contribution in [0.5, 0.6) is 0 Å². The van der Waals surface area contributed by atoms with Crippen molar-refractivity contribution in [3.05, 3.63) is 59.7 Å². The van der Waals surface area contributed by atoms with Gasteiger partial charge in [0.1, 0.15) is 5.82 Å². The van der Waals surface area contributed by atoms with Crippen molar-refractivity contribution in [3.63, 3.8) is 0 Å². The van der Waals surface area contributed by atoms with Gasteiger partial charge in [0.2, 0.25) is 0 Å². The van der Waals surface area contributed by atoms with Gasteiger partial charge >= 0.3 is 0 Å². The van der Waals surface area contributed by atoms with Gasteiger partial charge in [-0.3, -0.25) is 9.80 Å². The summed E-state index contributed by atoms with van der Waals surface area (Å²) in [6.45, 7) is 8.84. The lowest BCUT2D eigenvalue weighted by Crippen LogP contribution is -2.32. The van der Waals surface area contributed by atoms with Gasteiger partial charge in [0, 0.05) is 39.1 Å². The maximum atomic E-state index is 4.45. The molecule has 0 saturated carbocycles. The van der Waals surface area contributed by atoms with E-state index in [1.807, 2.05) is 12.4 Å². The third kappa shape index (κ3) is 4.79. The molecule has 2 heterocycles. The number of aryl methyl sites for hydroxylation is 1. The van der Waals surface area contributed by atoms with E-state index in [2.05, 4.69) is 69.7 Å². The van der Waals surface area contributed by atoms with Crippen LogP contribution in [0.2, 0.25) is 0 Å². The summed E-state index contributed by atoms with van der Waals surface area (Å²) in [7, 11) is 2.07. The Bertz CT molecular complexity index is 659. The van der Waals surface area contributed by atoms with Crippen LogP contribution in [0.1, 0.15) is 24.7 Å². The third-order valence-corrected chi connectivity index (χ3v) is 4.65. The summed E-state index contributed by atoms with van der Waals surface area (Å²) in [5, 5.41) is 0. The van der Waals surface area contributed by atoms with Crippen LogP contribution in [-0.2, 0) is 13.6 Å². The minimum absolute atomic E-state index is 0.955. The standard InChI is InChI=1S/C20H28N4/c1-18(15-19-7-4-3-5-8-19)16-23-10-6-11-24(14-13-23)17-20-21-9-12-22(20)2/h3-5,7-9,12,15H,6,10-11,13-14,16-17H2,1-2H3. The van der Waals surface area contributed by atoms with E-state index in [4.69, 9.17) is 0 Å². The number of nitrogens with zero attached hydrogens (tertiary/aromatic N) is 4. The first-order valence-corrected chi connectivity index (χ1v) is 8.84. The molecule has 0 radical (unpaired) electrons. The second-order valence-electron chi connectivity index (χ2n) is 6.76. The predicted molar refractivity (Wildman–Crippen MR) is 99.6 cm³/mol. The fourth-order valence-corrected chi connectivity index (χ4v) is 3.32. The van der Waals surface area contributed by atoms with Gasteiger partial charge in [0.15, 0.2) is 0 Å². The molecule has 3 rings (SSSR count). The molecule has 0 aliphatic carbocycles. The van der Waals surface area contributed by atoms with Crippen LogP contribution in [0.15, 0.2) is 48.3 Å². The molecule has 1 fully saturated rings. The molecular weight excluding hydrogens is 296 g/mol. The second kappa shape index (κ2) is 8.27. The average molecular weight is 324 g/mol. The van der Waals surface area contributed by atoms with Crippen LogP contribution in [0.25, 0.3) is 6.08 Å². The Morgan fingerprint density at radius 3 is 2.58 bits per heavy atom. The number of imidazole rings is 1. The first-order valence-electron chi connectivity index (χ1n) is 8.84. The van der Waals surface area contributed by atoms with E-state index in [9.17, 15) is 0 Å². The molecule has 0 atom stereocenters. The lowest BCUT2D eigenvalue weighted by Gasteiger charge is -2.22. The zero-order valence-electron chi connectivity index (χ0n) is 14.9. The van der Waals surface area contributed by atoms with Crippen molar-refractivity contribution in [2.75, 3.05) is 32.7 Å². The zero-order chi connectivity index (χ0) is 16.8. The van der Waals surface area contributed by atoms with Crippen molar-refractivity contribution in [1.82, 2.24) is 19.4 Å². The third-order valence-electron chi connectivity index (χ3n) is 4.65. The van der Waals surface area contributed by atoms with Gasteiger partial charge in [-0.05, 0) is 32.0 Å². The second-order valence-corrected chi connectivity index (χ2v) is 6.76. The topological polar surface area (TPSA) is 24.3 Å². The SMILES string of the molecule is CC(=Cc1ccccc1)CN1CCCN(Cc2nccn2C)CC1. The molecule has 1 aromatic carbocycles. The van der Waals surface area contributed by atoms with Crippen LogP contribution in [0, 0.1) is 0 Å². The van der Waals surface area contributed by atoms with Crippen molar-refractivity contribution >= 4 is 6.08 Å². The van der Waals surface area contributed by atoms with Crippen molar-refractivity contribution in [2.45, 2.75) is 19.9 Å². The molecule has 2 aromatic rings. The smallest absolute Gasteiger partial charge is 0.122 e. The Labute approximate surface area is 145 Å². The van der Waals surface area contributed by atoms with E-state index >= 15 is 0 Å². The monoisotopic (exact) mass is 324 g/mol. The molecule has 0 bridgehead atoms. The normalized spacial score (nSPS) is 17.8. The van der Waals surface area contributed by atoms with E-state index in [-0.39, 0.29) is 0 Å². The van der Waals surface area contributed by atoms with E-state index in [1.165, 1.54) is 24.1 Å². The molecule has 0 unspecified atom stereocenters. The maximum Gasteiger partial charge on any atom is 0.122 e. The van der Waals surface area contributed by atoms with Crippen LogP contribution in [0.3, 0.4) is 0 Å². The van der Waals surface area contributed by atoms with Crippen LogP contribution < -0.4 is 0 Å². The molecular formula is C20H28N4. The molecule has 0 amide bonds. The highest BCUT2D eigenvalue weighted by atomic mass is 15.2. The number of benzene rings is 1. The van der Waals surface area contributed by atoms with Gasteiger partial charge in [-0.1, -0.05) is 42.0 Å². The summed E-state index contributed by atoms with van der Waals surface area (Å²) in [4.78, 5) is 9.56. The van der Waals surface area contributed by atoms with Crippen molar-refractivity contribution in [3.8, 4) is 0 Å². The van der Waals surface area contributed by atoms with Gasteiger partial charge in [0.05, 0.1) is 6.54 Å². The predicted octanol–water partition coefficient (Wildman–Crippen LogP) is 3.03. The van der Waals surface area contributed by atoms with Gasteiger partial charge < -0.3 is 4.57 Å². The Kier molecular flexibility index (Phi) is 5.83. The van der Waals surface area contributed by atoms with Crippen molar-refractivity contribution in [2.24, 2.45) is 7.05 Å². The quantitative estimate of drug-likeness (QED) is 0.845. The Morgan fingerprint density at radius 2 is 1.83 bits per heavy atom. The molecule has 1 aromatic heterocycles. The highest BCUT2D eigenvalue weighted by Gasteiger charge is 2.16. The van der Waals surface area contributed by atoms with E-state index < -0.39 is 0 Å². The van der Waals surface area contributed by atoms with E-state index in [0.717, 1.165) is 38.5 Å². The summed E-state index contributed by atoms with van der Waals surface area (Å²) in [5.74, 6) is 1.16. The van der Waals surface area contributed by atoms with E-state index in [1.54, 1.807) is 0 Å². The Balaban J connectivity index is 1.52. The molecule has 4 nitrogen and oxygen atoms in total. The fraction of sp³-hybridized carbons (Fsp3) is 0.450. The molecule has 1 saturated heterocycles. The van der Waals surface area contributed by atoms with Crippen LogP contribution in [0.4, 0.5) is 0 Å². The van der Waals surface area contributed by atoms with Crippen molar-refractivity contribution in [1.29, 1.82) is 0 Å². The Morgan fingerprint density at radius 1 is 1.08 bits per heavy atom. The van der Waals surface area contributed by atoms with Crippen molar-refractivity contribution < 1.29 is 0 Å². The lowest BCUT2D eigenvalue weighted by molar-refractivity contribution is 0.253. The van der Waals surface area contributed by atoms with Gasteiger partial charge in [0.25, 0.3) is 0 Å². The highest BCUT2D eigenvalue weighted by molar-refractivity contribution is 5.52. The summed E-state index contributed by atoms with van der Waals surface area (Å²) >= 11 is 0. The van der Waals surface area contributed by atoms with Gasteiger partial charge in [-0.2, -0.15) is 0 Å². The summed E-state index contributed by atoms with van der Waals surface area (Å²) in [6, 6.07) is 10.6. The first kappa shape index (κ1) is 16.9. The number of hydrogen-bond donors (Lipinski definition) is 0. The molecule has 128 valence electrons. The average Bonchev–Trinajstić information content (AvgIpc) is 2.84. The minimum atomic E-state index is 0.955. The number of aromatic nitrogens is 2. The maximum absolute atomic E-state index is 4.45. The van der Waals surface area contributed by atoms with Crippen LogP contribution in [-0.4, -0.2) is 52.1 Å². The summed E-state index contributed by atoms with van der Waals surface area (Å²) in [5.41, 5.74) is 2.72. The van der Waals surface area contributed by atoms with E-state index in [0.29, 0.717) is 0 Å². The van der Waals surface area contributed by atoms with Crippen LogP contribution >= 0.6 is 0 Å². The van der Waals surface area contributed by atoms with Gasteiger partial charge in [-0.15, -0.1) is 0 Å². The largest absolute Gasteiger partial charge is 0.337 e. The molecule has 1 aliphatic rings. The zero-order valence-corrected chi connectivity index (χ0v) is 14.9. The summed E-state index contributed by atoms with van der Waals surface area (Å²) in [6.07, 6.45) is 7.44. The fourth-order valence-electron chi connectivity index (χ4n) is 3.32. The Hall–Kier alpha value is -1.91. The molecule has 0 spiro atoms. The lowest BCUT2D eigenvalue weighted by atomic mass is 10.1.